The summed E-state index contributed by atoms with van der Waals surface area (Å²) in [5, 5.41) is 0. The van der Waals surface area contributed by atoms with Gasteiger partial charge in [-0.1, -0.05) is 46.3 Å². The van der Waals surface area contributed by atoms with Crippen molar-refractivity contribution in [1.29, 1.82) is 0 Å². The minimum atomic E-state index is -0.356. The molecule has 2 rings (SSSR count). The smallest absolute Gasteiger partial charge is 0.309 e. The quantitative estimate of drug-likeness (QED) is 0.530. The fraction of sp³-hybridized carbons (Fsp3) is 0.211. The second-order valence-electron chi connectivity index (χ2n) is 5.31. The van der Waals surface area contributed by atoms with Gasteiger partial charge in [-0.25, -0.2) is 0 Å². The van der Waals surface area contributed by atoms with Gasteiger partial charge in [-0.05, 0) is 23.8 Å². The maximum Gasteiger partial charge on any atom is 0.309 e. The zero-order valence-electron chi connectivity index (χ0n) is 13.3. The van der Waals surface area contributed by atoms with Gasteiger partial charge in [0.25, 0.3) is 0 Å². The lowest BCUT2D eigenvalue weighted by atomic mass is 9.99. The van der Waals surface area contributed by atoms with Gasteiger partial charge in [0.05, 0.1) is 13.5 Å². The van der Waals surface area contributed by atoms with Gasteiger partial charge in [0.2, 0.25) is 0 Å². The predicted octanol–water partition coefficient (Wildman–Crippen LogP) is 4.01. The maximum absolute atomic E-state index is 12.3. The van der Waals surface area contributed by atoms with Crippen LogP contribution in [0.25, 0.3) is 0 Å². The number of esters is 1. The van der Waals surface area contributed by atoms with E-state index < -0.39 is 0 Å². The van der Waals surface area contributed by atoms with E-state index in [-0.39, 0.29) is 36.8 Å². The molecule has 0 fully saturated rings. The second kappa shape index (κ2) is 8.55. The summed E-state index contributed by atoms with van der Waals surface area (Å²) in [7, 11) is 1.32. The number of rotatable bonds is 7. The van der Waals surface area contributed by atoms with Crippen molar-refractivity contribution in [2.24, 2.45) is 0 Å². The Morgan fingerprint density at radius 2 is 1.54 bits per heavy atom. The van der Waals surface area contributed by atoms with Gasteiger partial charge in [-0.3, -0.25) is 14.4 Å². The molecule has 5 heteroatoms. The first-order valence-electron chi connectivity index (χ1n) is 7.47. The number of methoxy groups -OCH3 is 1. The summed E-state index contributed by atoms with van der Waals surface area (Å²) in [6, 6.07) is 13.9. The number of carbonyl (C=O) groups is 3. The van der Waals surface area contributed by atoms with Crippen molar-refractivity contribution in [2.75, 3.05) is 7.11 Å². The molecule has 0 saturated carbocycles. The number of Topliss-reactive ketones (excluding diaryl/α,β-unsaturated/α-hetero) is 2. The van der Waals surface area contributed by atoms with Crippen LogP contribution in [0.15, 0.2) is 53.0 Å². The molecule has 0 radical (unpaired) electrons. The van der Waals surface area contributed by atoms with Crippen LogP contribution < -0.4 is 0 Å². The number of ether oxygens (including phenoxy) is 1. The van der Waals surface area contributed by atoms with Gasteiger partial charge in [-0.15, -0.1) is 0 Å². The van der Waals surface area contributed by atoms with E-state index in [1.54, 1.807) is 48.5 Å². The van der Waals surface area contributed by atoms with Gasteiger partial charge in [0.1, 0.15) is 0 Å². The van der Waals surface area contributed by atoms with Crippen LogP contribution >= 0.6 is 15.9 Å². The van der Waals surface area contributed by atoms with E-state index in [1.165, 1.54) is 7.11 Å². The molecule has 0 N–H and O–H groups in total. The lowest BCUT2D eigenvalue weighted by Gasteiger charge is -2.05. The molecule has 0 amide bonds. The molecule has 0 saturated heterocycles. The zero-order chi connectivity index (χ0) is 17.5. The number of benzene rings is 2. The Kier molecular flexibility index (Phi) is 6.44. The Hall–Kier alpha value is -2.27. The Labute approximate surface area is 149 Å². The second-order valence-corrected chi connectivity index (χ2v) is 6.22. The molecular formula is C19H17BrO4. The first-order chi connectivity index (χ1) is 11.5. The first kappa shape index (κ1) is 18.1. The van der Waals surface area contributed by atoms with Crippen molar-refractivity contribution in [3.05, 3.63) is 69.7 Å². The molecule has 0 aliphatic heterocycles. The van der Waals surface area contributed by atoms with Crippen molar-refractivity contribution in [1.82, 2.24) is 0 Å². The van der Waals surface area contributed by atoms with Crippen LogP contribution in [0.4, 0.5) is 0 Å². The summed E-state index contributed by atoms with van der Waals surface area (Å²) in [5.74, 6) is -0.543. The van der Waals surface area contributed by atoms with Gasteiger partial charge in [0, 0.05) is 28.4 Å². The monoisotopic (exact) mass is 388 g/mol. The van der Waals surface area contributed by atoms with E-state index in [0.717, 1.165) is 4.47 Å². The minimum Gasteiger partial charge on any atom is -0.469 e. The predicted molar refractivity (Wildman–Crippen MR) is 94.2 cm³/mol. The van der Waals surface area contributed by atoms with Crippen LogP contribution in [0.5, 0.6) is 0 Å². The normalized spacial score (nSPS) is 10.2. The van der Waals surface area contributed by atoms with E-state index >= 15 is 0 Å². The van der Waals surface area contributed by atoms with Gasteiger partial charge < -0.3 is 4.74 Å². The lowest BCUT2D eigenvalue weighted by Crippen LogP contribution is -2.07. The van der Waals surface area contributed by atoms with Crippen LogP contribution in [-0.4, -0.2) is 24.6 Å². The third kappa shape index (κ3) is 5.13. The molecule has 0 atom stereocenters. The average molecular weight is 389 g/mol. The van der Waals surface area contributed by atoms with E-state index in [2.05, 4.69) is 20.7 Å². The minimum absolute atomic E-state index is 0.0680. The van der Waals surface area contributed by atoms with Crippen molar-refractivity contribution < 1.29 is 19.1 Å². The molecule has 24 heavy (non-hydrogen) atoms. The molecule has 4 nitrogen and oxygen atoms in total. The van der Waals surface area contributed by atoms with Crippen molar-refractivity contribution in [2.45, 2.75) is 19.3 Å². The highest BCUT2D eigenvalue weighted by molar-refractivity contribution is 9.10. The van der Waals surface area contributed by atoms with Gasteiger partial charge >= 0.3 is 5.97 Å². The summed E-state index contributed by atoms with van der Waals surface area (Å²) in [6.07, 6.45) is 0.410. The van der Waals surface area contributed by atoms with E-state index in [1.807, 2.05) is 0 Å². The Morgan fingerprint density at radius 1 is 0.917 bits per heavy atom. The lowest BCUT2D eigenvalue weighted by molar-refractivity contribution is -0.139. The Morgan fingerprint density at radius 3 is 2.17 bits per heavy atom. The average Bonchev–Trinajstić information content (AvgIpc) is 2.60. The van der Waals surface area contributed by atoms with Crippen LogP contribution in [0.1, 0.15) is 39.1 Å². The van der Waals surface area contributed by atoms with E-state index in [9.17, 15) is 14.4 Å². The first-order valence-corrected chi connectivity index (χ1v) is 8.26. The Balaban J connectivity index is 1.97. The number of hydrogen-bond donors (Lipinski definition) is 0. The number of ketones is 2. The zero-order valence-corrected chi connectivity index (χ0v) is 14.8. The maximum atomic E-state index is 12.3. The molecule has 0 bridgehead atoms. The summed E-state index contributed by atoms with van der Waals surface area (Å²) in [4.78, 5) is 35.7. The van der Waals surface area contributed by atoms with Crippen LogP contribution in [0.3, 0.4) is 0 Å². The highest BCUT2D eigenvalue weighted by Crippen LogP contribution is 2.15. The molecule has 0 spiro atoms. The fourth-order valence-corrected chi connectivity index (χ4v) is 2.51. The molecule has 124 valence electrons. The number of halogens is 1. The molecule has 0 aromatic heterocycles. The third-order valence-electron chi connectivity index (χ3n) is 3.57. The molecule has 0 unspecified atom stereocenters. The number of carbonyl (C=O) groups excluding carboxylic acids is 3. The van der Waals surface area contributed by atoms with Crippen molar-refractivity contribution in [3.8, 4) is 0 Å². The standard InChI is InChI=1S/C19H17BrO4/c1-24-19(23)12-13-3-2-4-15(11-13)18(22)10-9-17(21)14-5-7-16(20)8-6-14/h2-8,11H,9-10,12H2,1H3. The molecule has 0 heterocycles. The largest absolute Gasteiger partial charge is 0.469 e. The van der Waals surface area contributed by atoms with Crippen LogP contribution in [-0.2, 0) is 16.0 Å². The SMILES string of the molecule is COC(=O)Cc1cccc(C(=O)CCC(=O)c2ccc(Br)cc2)c1. The van der Waals surface area contributed by atoms with Crippen molar-refractivity contribution >= 4 is 33.5 Å². The van der Waals surface area contributed by atoms with Gasteiger partial charge in [-0.2, -0.15) is 0 Å². The van der Waals surface area contributed by atoms with Crippen LogP contribution in [0, 0.1) is 0 Å². The summed E-state index contributed by atoms with van der Waals surface area (Å²) in [6.45, 7) is 0. The van der Waals surface area contributed by atoms with Crippen LogP contribution in [0.2, 0.25) is 0 Å². The summed E-state index contributed by atoms with van der Waals surface area (Å²) >= 11 is 3.32. The number of hydrogen-bond acceptors (Lipinski definition) is 4. The summed E-state index contributed by atoms with van der Waals surface area (Å²) < 4.78 is 5.52. The van der Waals surface area contributed by atoms with Gasteiger partial charge in [0.15, 0.2) is 11.6 Å². The van der Waals surface area contributed by atoms with E-state index in [0.29, 0.717) is 16.7 Å². The Bertz CT molecular complexity index is 750. The summed E-state index contributed by atoms with van der Waals surface area (Å²) in [5.41, 5.74) is 1.80. The molecule has 2 aromatic rings. The molecule has 0 aliphatic carbocycles. The molecule has 0 aliphatic rings. The fourth-order valence-electron chi connectivity index (χ4n) is 2.25. The van der Waals surface area contributed by atoms with Crippen molar-refractivity contribution in [3.63, 3.8) is 0 Å². The highest BCUT2D eigenvalue weighted by atomic mass is 79.9. The molecular weight excluding hydrogens is 372 g/mol. The molecule has 2 aromatic carbocycles. The topological polar surface area (TPSA) is 60.4 Å². The van der Waals surface area contributed by atoms with E-state index in [4.69, 9.17) is 0 Å². The third-order valence-corrected chi connectivity index (χ3v) is 4.10. The highest BCUT2D eigenvalue weighted by Gasteiger charge is 2.12.